The Morgan fingerprint density at radius 2 is 1.82 bits per heavy atom. The van der Waals surface area contributed by atoms with Gasteiger partial charge in [0.2, 0.25) is 0 Å². The van der Waals surface area contributed by atoms with Crippen LogP contribution in [0.15, 0.2) is 72.1 Å². The maximum absolute atomic E-state index is 14.9. The van der Waals surface area contributed by atoms with Crippen molar-refractivity contribution in [2.45, 2.75) is 12.7 Å². The van der Waals surface area contributed by atoms with Crippen LogP contribution in [0.4, 0.5) is 28.9 Å². The van der Waals surface area contributed by atoms with Crippen LogP contribution in [0, 0.1) is 5.82 Å². The number of hydrogen-bond acceptors (Lipinski definition) is 5. The first kappa shape index (κ1) is 27.4. The highest BCUT2D eigenvalue weighted by Gasteiger charge is 2.39. The van der Waals surface area contributed by atoms with E-state index in [0.717, 1.165) is 30.9 Å². The normalized spacial score (nSPS) is 16.7. The van der Waals surface area contributed by atoms with E-state index >= 15 is 0 Å². The zero-order valence-electron chi connectivity index (χ0n) is 21.6. The second-order valence-electron chi connectivity index (χ2n) is 9.81. The number of carbonyl (C=O) groups is 1. The molecule has 0 bridgehead atoms. The SMILES string of the molecule is C=C1C=C(C(F)(F)F)C(C(=O)Nc2cc(-c3cc(CN(C)C)ccc3F)ccc2N2CCN(C)CC2)=CN1. The molecule has 0 aromatic heterocycles. The van der Waals surface area contributed by atoms with Crippen LogP contribution in [-0.4, -0.2) is 69.2 Å². The molecule has 38 heavy (non-hydrogen) atoms. The molecule has 1 fully saturated rings. The lowest BCUT2D eigenvalue weighted by atomic mass is 9.99. The maximum atomic E-state index is 14.9. The maximum Gasteiger partial charge on any atom is 0.417 e. The molecule has 0 aliphatic carbocycles. The zero-order valence-corrected chi connectivity index (χ0v) is 21.6. The fourth-order valence-corrected chi connectivity index (χ4v) is 4.53. The van der Waals surface area contributed by atoms with Crippen molar-refractivity contribution >= 4 is 17.3 Å². The van der Waals surface area contributed by atoms with Gasteiger partial charge in [-0.2, -0.15) is 13.2 Å². The highest BCUT2D eigenvalue weighted by molar-refractivity contribution is 6.09. The van der Waals surface area contributed by atoms with E-state index in [4.69, 9.17) is 0 Å². The van der Waals surface area contributed by atoms with Crippen LogP contribution >= 0.6 is 0 Å². The molecule has 2 heterocycles. The second kappa shape index (κ2) is 11.0. The number of alkyl halides is 3. The summed E-state index contributed by atoms with van der Waals surface area (Å²) in [5, 5.41) is 5.27. The molecule has 2 aliphatic heterocycles. The molecular weight excluding hydrogens is 498 g/mol. The molecule has 1 amide bonds. The van der Waals surface area contributed by atoms with E-state index in [-0.39, 0.29) is 5.70 Å². The van der Waals surface area contributed by atoms with E-state index in [2.05, 4.69) is 27.0 Å². The number of amides is 1. The third-order valence-electron chi connectivity index (χ3n) is 6.49. The van der Waals surface area contributed by atoms with E-state index in [0.29, 0.717) is 42.1 Å². The summed E-state index contributed by atoms with van der Waals surface area (Å²) in [7, 11) is 5.83. The first-order chi connectivity index (χ1) is 17.9. The lowest BCUT2D eigenvalue weighted by molar-refractivity contribution is -0.115. The Balaban J connectivity index is 1.73. The summed E-state index contributed by atoms with van der Waals surface area (Å²) >= 11 is 0. The van der Waals surface area contributed by atoms with Gasteiger partial charge in [0.25, 0.3) is 5.91 Å². The van der Waals surface area contributed by atoms with Gasteiger partial charge in [0, 0.05) is 50.2 Å². The monoisotopic (exact) mass is 529 g/mol. The summed E-state index contributed by atoms with van der Waals surface area (Å²) in [4.78, 5) is 19.4. The van der Waals surface area contributed by atoms with E-state index in [9.17, 15) is 22.4 Å². The number of benzene rings is 2. The lowest BCUT2D eigenvalue weighted by Gasteiger charge is -2.35. The summed E-state index contributed by atoms with van der Waals surface area (Å²) in [5.41, 5.74) is 1.10. The summed E-state index contributed by atoms with van der Waals surface area (Å²) in [6.07, 6.45) is -2.94. The van der Waals surface area contributed by atoms with Crippen LogP contribution in [0.2, 0.25) is 0 Å². The van der Waals surface area contributed by atoms with Crippen LogP contribution in [-0.2, 0) is 11.3 Å². The molecule has 6 nitrogen and oxygen atoms in total. The number of nitrogens with one attached hydrogen (secondary N) is 2. The van der Waals surface area contributed by atoms with Gasteiger partial charge in [-0.25, -0.2) is 4.39 Å². The molecule has 2 aromatic carbocycles. The average molecular weight is 530 g/mol. The highest BCUT2D eigenvalue weighted by Crippen LogP contribution is 2.37. The van der Waals surface area contributed by atoms with Gasteiger partial charge in [-0.3, -0.25) is 4.79 Å². The molecule has 1 saturated heterocycles. The van der Waals surface area contributed by atoms with E-state index in [1.54, 1.807) is 30.3 Å². The van der Waals surface area contributed by atoms with Crippen LogP contribution in [0.25, 0.3) is 11.1 Å². The number of rotatable bonds is 6. The minimum Gasteiger partial charge on any atom is -0.367 e. The number of anilines is 2. The van der Waals surface area contributed by atoms with Gasteiger partial charge in [-0.05, 0) is 62.6 Å². The Labute approximate surface area is 219 Å². The number of nitrogens with zero attached hydrogens (tertiary/aromatic N) is 3. The number of hydrogen-bond donors (Lipinski definition) is 2. The lowest BCUT2D eigenvalue weighted by Crippen LogP contribution is -2.44. The number of piperazine rings is 1. The smallest absolute Gasteiger partial charge is 0.367 e. The molecule has 2 aromatic rings. The number of halogens is 4. The predicted octanol–water partition coefficient (Wildman–Crippen LogP) is 4.73. The fourth-order valence-electron chi connectivity index (χ4n) is 4.53. The highest BCUT2D eigenvalue weighted by atomic mass is 19.4. The average Bonchev–Trinajstić information content (AvgIpc) is 2.85. The topological polar surface area (TPSA) is 50.9 Å². The van der Waals surface area contributed by atoms with Gasteiger partial charge in [0.1, 0.15) is 5.82 Å². The zero-order chi connectivity index (χ0) is 27.6. The molecule has 10 heteroatoms. The number of carbonyl (C=O) groups excluding carboxylic acids is 1. The molecule has 0 atom stereocenters. The summed E-state index contributed by atoms with van der Waals surface area (Å²) in [6, 6.07) is 10.0. The van der Waals surface area contributed by atoms with Gasteiger partial charge in [-0.15, -0.1) is 0 Å². The Kier molecular flexibility index (Phi) is 7.94. The van der Waals surface area contributed by atoms with Crippen LogP contribution < -0.4 is 15.5 Å². The molecule has 2 N–H and O–H groups in total. The van der Waals surface area contributed by atoms with Crippen molar-refractivity contribution in [2.24, 2.45) is 0 Å². The van der Waals surface area contributed by atoms with Gasteiger partial charge >= 0.3 is 6.18 Å². The third kappa shape index (κ3) is 6.25. The largest absolute Gasteiger partial charge is 0.417 e. The molecule has 0 unspecified atom stereocenters. The van der Waals surface area contributed by atoms with Crippen molar-refractivity contribution in [3.05, 3.63) is 83.5 Å². The molecule has 0 saturated carbocycles. The Hall–Kier alpha value is -3.63. The van der Waals surface area contributed by atoms with Crippen molar-refractivity contribution in [2.75, 3.05) is 57.5 Å². The summed E-state index contributed by atoms with van der Waals surface area (Å²) in [5.74, 6) is -1.36. The minimum absolute atomic E-state index is 0.0297. The van der Waals surface area contributed by atoms with Gasteiger partial charge in [0.15, 0.2) is 0 Å². The van der Waals surface area contributed by atoms with Crippen molar-refractivity contribution in [3.8, 4) is 11.1 Å². The Bertz CT molecular complexity index is 1290. The second-order valence-corrected chi connectivity index (χ2v) is 9.81. The van der Waals surface area contributed by atoms with E-state index in [1.165, 1.54) is 6.07 Å². The van der Waals surface area contributed by atoms with E-state index in [1.807, 2.05) is 26.0 Å². The standard InChI is InChI=1S/C28H31F4N5O/c1-18-13-23(28(30,31)32)22(16-33-18)27(38)34-25-15-20(6-8-26(25)37-11-9-36(4)10-12-37)21-14-19(17-35(2)3)5-7-24(21)29/h5-8,13-16,33H,1,9-12,17H2,2-4H3,(H,34,38). The van der Waals surface area contributed by atoms with Gasteiger partial charge < -0.3 is 25.3 Å². The quantitative estimate of drug-likeness (QED) is 0.530. The van der Waals surface area contributed by atoms with Crippen LogP contribution in [0.5, 0.6) is 0 Å². The molecule has 0 spiro atoms. The Morgan fingerprint density at radius 3 is 2.47 bits per heavy atom. The fraction of sp³-hybridized carbons (Fsp3) is 0.321. The molecule has 0 radical (unpaired) electrons. The van der Waals surface area contributed by atoms with Crippen molar-refractivity contribution < 1.29 is 22.4 Å². The van der Waals surface area contributed by atoms with Crippen molar-refractivity contribution in [3.63, 3.8) is 0 Å². The van der Waals surface area contributed by atoms with Crippen LogP contribution in [0.3, 0.4) is 0 Å². The third-order valence-corrected chi connectivity index (χ3v) is 6.49. The minimum atomic E-state index is -4.74. The van der Waals surface area contributed by atoms with Crippen molar-refractivity contribution in [1.82, 2.24) is 15.1 Å². The number of likely N-dealkylation sites (N-methyl/N-ethyl adjacent to an activating group) is 1. The van der Waals surface area contributed by atoms with Gasteiger partial charge in [0.05, 0.1) is 22.5 Å². The predicted molar refractivity (Wildman–Crippen MR) is 142 cm³/mol. The first-order valence-corrected chi connectivity index (χ1v) is 12.2. The van der Waals surface area contributed by atoms with Crippen molar-refractivity contribution in [1.29, 1.82) is 0 Å². The number of dihydropyridines is 1. The van der Waals surface area contributed by atoms with Crippen LogP contribution in [0.1, 0.15) is 5.56 Å². The van der Waals surface area contributed by atoms with Gasteiger partial charge in [-0.1, -0.05) is 18.7 Å². The molecular formula is C28H31F4N5O. The molecule has 2 aliphatic rings. The molecule has 202 valence electrons. The summed E-state index contributed by atoms with van der Waals surface area (Å²) < 4.78 is 56.1. The summed E-state index contributed by atoms with van der Waals surface area (Å²) in [6.45, 7) is 7.02. The van der Waals surface area contributed by atoms with E-state index < -0.39 is 29.0 Å². The molecule has 4 rings (SSSR count). The first-order valence-electron chi connectivity index (χ1n) is 12.2. The number of allylic oxidation sites excluding steroid dienone is 1. The Morgan fingerprint density at radius 1 is 1.11 bits per heavy atom.